The maximum atomic E-state index is 12.3. The van der Waals surface area contributed by atoms with Gasteiger partial charge >= 0.3 is 6.18 Å². The van der Waals surface area contributed by atoms with Gasteiger partial charge in [0.2, 0.25) is 5.82 Å². The summed E-state index contributed by atoms with van der Waals surface area (Å²) in [4.78, 5) is 14.7. The monoisotopic (exact) mass is 243 g/mol. The SMILES string of the molecule is N#Cc1nc(C(=O)C(F)(F)F)c2n1CCCC2. The number of hydrogen-bond donors (Lipinski definition) is 0. The van der Waals surface area contributed by atoms with E-state index in [0.29, 0.717) is 19.4 Å². The Morgan fingerprint density at radius 3 is 2.71 bits per heavy atom. The standard InChI is InChI=1S/C10H8F3N3O/c11-10(12,13)9(17)8-6-3-1-2-4-16(6)7(5-14)15-8/h1-4H2. The summed E-state index contributed by atoms with van der Waals surface area (Å²) in [5.74, 6) is -2.09. The topological polar surface area (TPSA) is 58.7 Å². The van der Waals surface area contributed by atoms with Crippen LogP contribution < -0.4 is 0 Å². The molecule has 2 heterocycles. The first kappa shape index (κ1) is 11.6. The zero-order valence-electron chi connectivity index (χ0n) is 8.71. The van der Waals surface area contributed by atoms with E-state index in [2.05, 4.69) is 4.98 Å². The number of hydrogen-bond acceptors (Lipinski definition) is 3. The van der Waals surface area contributed by atoms with E-state index in [1.807, 2.05) is 0 Å². The van der Waals surface area contributed by atoms with E-state index >= 15 is 0 Å². The summed E-state index contributed by atoms with van der Waals surface area (Å²) in [6.07, 6.45) is -3.11. The normalized spacial score (nSPS) is 15.2. The fraction of sp³-hybridized carbons (Fsp3) is 0.500. The lowest BCUT2D eigenvalue weighted by molar-refractivity contribution is -0.0888. The van der Waals surface area contributed by atoms with Gasteiger partial charge in [-0.25, -0.2) is 4.98 Å². The second-order valence-corrected chi connectivity index (χ2v) is 3.78. The molecule has 0 saturated carbocycles. The predicted molar refractivity (Wildman–Crippen MR) is 50.3 cm³/mol. The number of alkyl halides is 3. The molecule has 0 radical (unpaired) electrons. The number of fused-ring (bicyclic) bond motifs is 1. The Labute approximate surface area is 94.7 Å². The maximum Gasteiger partial charge on any atom is 0.456 e. The highest BCUT2D eigenvalue weighted by Gasteiger charge is 2.43. The van der Waals surface area contributed by atoms with Gasteiger partial charge in [-0.2, -0.15) is 18.4 Å². The molecule has 2 rings (SSSR count). The van der Waals surface area contributed by atoms with Gasteiger partial charge in [0.25, 0.3) is 5.78 Å². The maximum absolute atomic E-state index is 12.3. The second-order valence-electron chi connectivity index (χ2n) is 3.78. The van der Waals surface area contributed by atoms with Gasteiger partial charge in [0.05, 0.1) is 0 Å². The Hall–Kier alpha value is -1.84. The molecule has 0 amide bonds. The van der Waals surface area contributed by atoms with Crippen LogP contribution in [0.1, 0.15) is 34.8 Å². The van der Waals surface area contributed by atoms with Crippen molar-refractivity contribution in [1.29, 1.82) is 5.26 Å². The minimum Gasteiger partial charge on any atom is -0.319 e. The van der Waals surface area contributed by atoms with Crippen LogP contribution in [0, 0.1) is 11.3 Å². The molecule has 90 valence electrons. The highest BCUT2D eigenvalue weighted by Crippen LogP contribution is 2.27. The van der Waals surface area contributed by atoms with Crippen LogP contribution in [0.4, 0.5) is 13.2 Å². The van der Waals surface area contributed by atoms with Gasteiger partial charge in [-0.05, 0) is 19.3 Å². The Balaban J connectivity index is 2.53. The number of nitrogens with zero attached hydrogens (tertiary/aromatic N) is 3. The van der Waals surface area contributed by atoms with Gasteiger partial charge < -0.3 is 4.57 Å². The van der Waals surface area contributed by atoms with Crippen molar-refractivity contribution < 1.29 is 18.0 Å². The number of nitriles is 1. The highest BCUT2D eigenvalue weighted by molar-refractivity contribution is 5.99. The van der Waals surface area contributed by atoms with Crippen molar-refractivity contribution >= 4 is 5.78 Å². The molecule has 0 unspecified atom stereocenters. The largest absolute Gasteiger partial charge is 0.456 e. The minimum absolute atomic E-state index is 0.118. The summed E-state index contributed by atoms with van der Waals surface area (Å²) in [6.45, 7) is 0.441. The van der Waals surface area contributed by atoms with Crippen molar-refractivity contribution in [3.05, 3.63) is 17.2 Å². The summed E-state index contributed by atoms with van der Waals surface area (Å²) in [7, 11) is 0. The molecular weight excluding hydrogens is 235 g/mol. The van der Waals surface area contributed by atoms with Gasteiger partial charge in [-0.3, -0.25) is 4.79 Å². The number of ketones is 1. The van der Waals surface area contributed by atoms with Crippen LogP contribution >= 0.6 is 0 Å². The number of imidazole rings is 1. The fourth-order valence-electron chi connectivity index (χ4n) is 1.94. The molecule has 1 aromatic rings. The Bertz CT molecular complexity index is 510. The van der Waals surface area contributed by atoms with Crippen molar-refractivity contribution in [2.24, 2.45) is 0 Å². The molecule has 4 nitrogen and oxygen atoms in total. The van der Waals surface area contributed by atoms with Crippen molar-refractivity contribution in [3.8, 4) is 6.07 Å². The van der Waals surface area contributed by atoms with Crippen molar-refractivity contribution in [2.75, 3.05) is 0 Å². The van der Waals surface area contributed by atoms with E-state index in [1.165, 1.54) is 4.57 Å². The molecular formula is C10H8F3N3O. The Morgan fingerprint density at radius 1 is 1.41 bits per heavy atom. The Kier molecular flexibility index (Phi) is 2.65. The van der Waals surface area contributed by atoms with Crippen LogP contribution in [-0.4, -0.2) is 21.5 Å². The quantitative estimate of drug-likeness (QED) is 0.707. The first-order chi connectivity index (χ1) is 7.95. The van der Waals surface area contributed by atoms with E-state index in [9.17, 15) is 18.0 Å². The molecule has 0 atom stereocenters. The second kappa shape index (κ2) is 3.87. The van der Waals surface area contributed by atoms with Crippen molar-refractivity contribution in [3.63, 3.8) is 0 Å². The lowest BCUT2D eigenvalue weighted by Crippen LogP contribution is -2.25. The molecule has 0 bridgehead atoms. The smallest absolute Gasteiger partial charge is 0.319 e. The molecule has 1 aliphatic rings. The van der Waals surface area contributed by atoms with E-state index in [4.69, 9.17) is 5.26 Å². The molecule has 0 N–H and O–H groups in total. The molecule has 0 aromatic carbocycles. The summed E-state index contributed by atoms with van der Waals surface area (Å²) < 4.78 is 38.4. The summed E-state index contributed by atoms with van der Waals surface area (Å²) in [6, 6.07) is 1.71. The Morgan fingerprint density at radius 2 is 2.12 bits per heavy atom. The molecule has 17 heavy (non-hydrogen) atoms. The molecule has 0 fully saturated rings. The number of rotatable bonds is 1. The van der Waals surface area contributed by atoms with E-state index in [-0.39, 0.29) is 11.5 Å². The van der Waals surface area contributed by atoms with Gasteiger partial charge in [-0.15, -0.1) is 0 Å². The molecule has 0 saturated heterocycles. The summed E-state index contributed by atoms with van der Waals surface area (Å²) in [5, 5.41) is 8.77. The van der Waals surface area contributed by atoms with E-state index in [0.717, 1.165) is 6.42 Å². The van der Waals surface area contributed by atoms with Crippen LogP contribution in [0.2, 0.25) is 0 Å². The van der Waals surface area contributed by atoms with E-state index < -0.39 is 17.7 Å². The van der Waals surface area contributed by atoms with Gasteiger partial charge in [0, 0.05) is 12.2 Å². The molecule has 1 aromatic heterocycles. The first-order valence-corrected chi connectivity index (χ1v) is 5.06. The van der Waals surface area contributed by atoms with Crippen LogP contribution in [0.3, 0.4) is 0 Å². The fourth-order valence-corrected chi connectivity index (χ4v) is 1.94. The zero-order valence-corrected chi connectivity index (χ0v) is 8.71. The predicted octanol–water partition coefficient (Wildman–Crippen LogP) is 1.84. The van der Waals surface area contributed by atoms with Gasteiger partial charge in [-0.1, -0.05) is 0 Å². The van der Waals surface area contributed by atoms with Crippen LogP contribution in [0.15, 0.2) is 0 Å². The summed E-state index contributed by atoms with van der Waals surface area (Å²) >= 11 is 0. The lowest BCUT2D eigenvalue weighted by Gasteiger charge is -2.15. The van der Waals surface area contributed by atoms with Crippen LogP contribution in [0.5, 0.6) is 0 Å². The molecule has 0 spiro atoms. The third kappa shape index (κ3) is 1.90. The third-order valence-electron chi connectivity index (χ3n) is 2.69. The van der Waals surface area contributed by atoms with Crippen LogP contribution in [-0.2, 0) is 13.0 Å². The molecule has 0 aliphatic carbocycles. The average molecular weight is 243 g/mol. The lowest BCUT2D eigenvalue weighted by atomic mass is 10.1. The number of aromatic nitrogens is 2. The number of carbonyl (C=O) groups is 1. The third-order valence-corrected chi connectivity index (χ3v) is 2.69. The number of halogens is 3. The van der Waals surface area contributed by atoms with Gasteiger partial charge in [0.1, 0.15) is 11.8 Å². The highest BCUT2D eigenvalue weighted by atomic mass is 19.4. The zero-order chi connectivity index (χ0) is 12.6. The first-order valence-electron chi connectivity index (χ1n) is 5.06. The van der Waals surface area contributed by atoms with E-state index in [1.54, 1.807) is 6.07 Å². The van der Waals surface area contributed by atoms with Crippen molar-refractivity contribution in [2.45, 2.75) is 32.0 Å². The number of carbonyl (C=O) groups excluding carboxylic acids is 1. The minimum atomic E-state index is -4.94. The molecule has 7 heteroatoms. The average Bonchev–Trinajstić information content (AvgIpc) is 2.65. The summed E-state index contributed by atoms with van der Waals surface area (Å²) in [5.41, 5.74) is -0.385. The number of Topliss-reactive ketones (excluding diaryl/α,β-unsaturated/α-hetero) is 1. The van der Waals surface area contributed by atoms with Gasteiger partial charge in [0.15, 0.2) is 0 Å². The van der Waals surface area contributed by atoms with Crippen LogP contribution in [0.25, 0.3) is 0 Å². The molecule has 1 aliphatic heterocycles. The van der Waals surface area contributed by atoms with Crippen molar-refractivity contribution in [1.82, 2.24) is 9.55 Å².